The van der Waals surface area contributed by atoms with E-state index in [1.54, 1.807) is 25.2 Å². The molecule has 128 valence electrons. The Labute approximate surface area is 141 Å². The number of rotatable bonds is 4. The van der Waals surface area contributed by atoms with Crippen LogP contribution >= 0.6 is 0 Å². The van der Waals surface area contributed by atoms with E-state index in [9.17, 15) is 14.4 Å². The van der Waals surface area contributed by atoms with Gasteiger partial charge < -0.3 is 5.32 Å². The summed E-state index contributed by atoms with van der Waals surface area (Å²) in [5, 5.41) is 14.0. The fraction of sp³-hybridized carbons (Fsp3) is 0.200. The quantitative estimate of drug-likeness (QED) is 0.676. The summed E-state index contributed by atoms with van der Waals surface area (Å²) in [4.78, 5) is 35.5. The first-order valence-electron chi connectivity index (χ1n) is 7.35. The molecule has 0 saturated heterocycles. The standard InChI is InChI=1S/C15H15N7O3/c1-20-13(24)6-7-22(15(20)25)9-12(23)16-11-5-3-4-10(8-11)14-17-18-19-21(14)2/h3-8H,9H2,1-2H3,(H,16,23). The van der Waals surface area contributed by atoms with E-state index in [4.69, 9.17) is 0 Å². The Morgan fingerprint density at radius 1 is 1.20 bits per heavy atom. The van der Waals surface area contributed by atoms with Gasteiger partial charge in [0.1, 0.15) is 6.54 Å². The largest absolute Gasteiger partial charge is 0.331 e. The molecule has 1 aromatic carbocycles. The van der Waals surface area contributed by atoms with Crippen molar-refractivity contribution >= 4 is 11.6 Å². The highest BCUT2D eigenvalue weighted by atomic mass is 16.2. The topological polar surface area (TPSA) is 117 Å². The van der Waals surface area contributed by atoms with Crippen LogP contribution in [0.3, 0.4) is 0 Å². The van der Waals surface area contributed by atoms with Crippen molar-refractivity contribution in [3.8, 4) is 11.4 Å². The number of tetrazole rings is 1. The highest BCUT2D eigenvalue weighted by Crippen LogP contribution is 2.19. The zero-order valence-electron chi connectivity index (χ0n) is 13.6. The van der Waals surface area contributed by atoms with E-state index < -0.39 is 17.2 Å². The summed E-state index contributed by atoms with van der Waals surface area (Å²) < 4.78 is 3.62. The summed E-state index contributed by atoms with van der Waals surface area (Å²) in [7, 11) is 3.07. The zero-order chi connectivity index (χ0) is 18.0. The first-order valence-corrected chi connectivity index (χ1v) is 7.35. The minimum Gasteiger partial charge on any atom is -0.325 e. The van der Waals surface area contributed by atoms with Crippen molar-refractivity contribution in [2.45, 2.75) is 6.54 Å². The monoisotopic (exact) mass is 341 g/mol. The molecule has 0 unspecified atom stereocenters. The van der Waals surface area contributed by atoms with Crippen LogP contribution in [0.1, 0.15) is 0 Å². The Bertz CT molecular complexity index is 1050. The highest BCUT2D eigenvalue weighted by molar-refractivity contribution is 5.91. The smallest absolute Gasteiger partial charge is 0.325 e. The summed E-state index contributed by atoms with van der Waals surface area (Å²) in [5.41, 5.74) is 0.307. The van der Waals surface area contributed by atoms with E-state index in [1.165, 1.54) is 24.0 Å². The molecule has 10 heteroatoms. The van der Waals surface area contributed by atoms with Crippen LogP contribution in [0.5, 0.6) is 0 Å². The van der Waals surface area contributed by atoms with Crippen LogP contribution in [0.2, 0.25) is 0 Å². The maximum atomic E-state index is 12.2. The van der Waals surface area contributed by atoms with E-state index in [2.05, 4.69) is 20.8 Å². The zero-order valence-corrected chi connectivity index (χ0v) is 13.6. The third-order valence-electron chi connectivity index (χ3n) is 3.60. The summed E-state index contributed by atoms with van der Waals surface area (Å²) in [5.74, 6) is 0.166. The van der Waals surface area contributed by atoms with Gasteiger partial charge in [-0.05, 0) is 22.6 Å². The molecular formula is C15H15N7O3. The summed E-state index contributed by atoms with van der Waals surface area (Å²) >= 11 is 0. The Kier molecular flexibility index (Phi) is 4.25. The molecule has 0 bridgehead atoms. The summed E-state index contributed by atoms with van der Waals surface area (Å²) in [6.45, 7) is -0.206. The number of aromatic nitrogens is 6. The Morgan fingerprint density at radius 3 is 2.72 bits per heavy atom. The van der Waals surface area contributed by atoms with Gasteiger partial charge in [0, 0.05) is 37.6 Å². The van der Waals surface area contributed by atoms with Crippen molar-refractivity contribution in [3.05, 3.63) is 57.4 Å². The van der Waals surface area contributed by atoms with Gasteiger partial charge in [0.2, 0.25) is 5.91 Å². The molecule has 1 amide bonds. The lowest BCUT2D eigenvalue weighted by Crippen LogP contribution is -2.38. The fourth-order valence-corrected chi connectivity index (χ4v) is 2.30. The molecule has 3 aromatic rings. The lowest BCUT2D eigenvalue weighted by atomic mass is 10.2. The number of hydrogen-bond acceptors (Lipinski definition) is 6. The predicted molar refractivity (Wildman–Crippen MR) is 88.8 cm³/mol. The van der Waals surface area contributed by atoms with Gasteiger partial charge in [-0.25, -0.2) is 9.48 Å². The van der Waals surface area contributed by atoms with Crippen molar-refractivity contribution in [3.63, 3.8) is 0 Å². The summed E-state index contributed by atoms with van der Waals surface area (Å²) in [6.07, 6.45) is 1.30. The second-order valence-electron chi connectivity index (χ2n) is 5.38. The lowest BCUT2D eigenvalue weighted by Gasteiger charge is -2.09. The van der Waals surface area contributed by atoms with Crippen LogP contribution < -0.4 is 16.6 Å². The Balaban J connectivity index is 1.78. The molecule has 0 aliphatic heterocycles. The molecule has 2 heterocycles. The second kappa shape index (κ2) is 6.51. The number of hydrogen-bond donors (Lipinski definition) is 1. The van der Waals surface area contributed by atoms with Crippen LogP contribution in [-0.2, 0) is 25.4 Å². The van der Waals surface area contributed by atoms with Crippen LogP contribution in [-0.4, -0.2) is 35.2 Å². The van der Waals surface area contributed by atoms with Crippen molar-refractivity contribution < 1.29 is 4.79 Å². The van der Waals surface area contributed by atoms with Gasteiger partial charge in [0.15, 0.2) is 5.82 Å². The number of aryl methyl sites for hydroxylation is 1. The van der Waals surface area contributed by atoms with Crippen molar-refractivity contribution in [2.75, 3.05) is 5.32 Å². The normalized spacial score (nSPS) is 10.6. The molecule has 0 fully saturated rings. The molecule has 1 N–H and O–H groups in total. The number of nitrogens with zero attached hydrogens (tertiary/aromatic N) is 6. The van der Waals surface area contributed by atoms with Gasteiger partial charge >= 0.3 is 5.69 Å². The molecule has 0 spiro atoms. The predicted octanol–water partition coefficient (Wildman–Crippen LogP) is -0.624. The average Bonchev–Trinajstić information content (AvgIpc) is 3.02. The molecule has 0 aliphatic carbocycles. The van der Waals surface area contributed by atoms with E-state index in [1.807, 2.05) is 6.07 Å². The second-order valence-corrected chi connectivity index (χ2v) is 5.38. The van der Waals surface area contributed by atoms with Crippen LogP contribution in [0, 0.1) is 0 Å². The van der Waals surface area contributed by atoms with E-state index >= 15 is 0 Å². The van der Waals surface area contributed by atoms with Crippen molar-refractivity contribution in [1.82, 2.24) is 29.3 Å². The number of carbonyl (C=O) groups is 1. The van der Waals surface area contributed by atoms with E-state index in [0.717, 1.165) is 14.7 Å². The fourth-order valence-electron chi connectivity index (χ4n) is 2.30. The molecule has 10 nitrogen and oxygen atoms in total. The summed E-state index contributed by atoms with van der Waals surface area (Å²) in [6, 6.07) is 8.26. The molecule has 0 saturated carbocycles. The van der Waals surface area contributed by atoms with Gasteiger partial charge in [-0.2, -0.15) is 0 Å². The number of nitrogens with one attached hydrogen (secondary N) is 1. The molecule has 0 radical (unpaired) electrons. The number of carbonyl (C=O) groups excluding carboxylic acids is 1. The van der Waals surface area contributed by atoms with Gasteiger partial charge in [-0.15, -0.1) is 5.10 Å². The van der Waals surface area contributed by atoms with Gasteiger partial charge in [0.25, 0.3) is 5.56 Å². The first kappa shape index (κ1) is 16.3. The van der Waals surface area contributed by atoms with Crippen LogP contribution in [0.25, 0.3) is 11.4 Å². The Morgan fingerprint density at radius 2 is 2.00 bits per heavy atom. The maximum Gasteiger partial charge on any atom is 0.331 e. The van der Waals surface area contributed by atoms with Gasteiger partial charge in [0.05, 0.1) is 0 Å². The molecule has 3 rings (SSSR count). The molecule has 0 aliphatic rings. The van der Waals surface area contributed by atoms with E-state index in [-0.39, 0.29) is 6.54 Å². The van der Waals surface area contributed by atoms with Crippen LogP contribution in [0.15, 0.2) is 46.1 Å². The first-order chi connectivity index (χ1) is 12.0. The minimum atomic E-state index is -0.554. The van der Waals surface area contributed by atoms with Gasteiger partial charge in [-0.3, -0.25) is 18.7 Å². The molecular weight excluding hydrogens is 326 g/mol. The average molecular weight is 341 g/mol. The third kappa shape index (κ3) is 3.37. The Hall–Kier alpha value is -3.56. The number of benzene rings is 1. The molecule has 25 heavy (non-hydrogen) atoms. The molecule has 0 atom stereocenters. The lowest BCUT2D eigenvalue weighted by molar-refractivity contribution is -0.116. The highest BCUT2D eigenvalue weighted by Gasteiger charge is 2.10. The molecule has 2 aromatic heterocycles. The van der Waals surface area contributed by atoms with Crippen LogP contribution in [0.4, 0.5) is 5.69 Å². The van der Waals surface area contributed by atoms with Gasteiger partial charge in [-0.1, -0.05) is 12.1 Å². The maximum absolute atomic E-state index is 12.2. The van der Waals surface area contributed by atoms with Crippen molar-refractivity contribution in [1.29, 1.82) is 0 Å². The number of anilines is 1. The third-order valence-corrected chi connectivity index (χ3v) is 3.60. The van der Waals surface area contributed by atoms with Crippen molar-refractivity contribution in [2.24, 2.45) is 14.1 Å². The van der Waals surface area contributed by atoms with E-state index in [0.29, 0.717) is 11.5 Å². The minimum absolute atomic E-state index is 0.206. The number of amides is 1. The SMILES string of the molecule is Cn1nnnc1-c1cccc(NC(=O)Cn2ccc(=O)n(C)c2=O)c1.